The standard InChI is InChI=1S/C19H19IN4S/c20-15-3-1-14(2-4-15)16-23-24-17(21-22-18(24)25-16)19-8-11-5-12(9-19)7-13(6-11)10-19/h1-4,11-13H,5-10H2. The lowest BCUT2D eigenvalue weighted by molar-refractivity contribution is -0.0103. The Morgan fingerprint density at radius 2 is 1.60 bits per heavy atom. The zero-order valence-electron chi connectivity index (χ0n) is 13.9. The number of rotatable bonds is 2. The molecule has 0 unspecified atom stereocenters. The van der Waals surface area contributed by atoms with E-state index in [0.717, 1.165) is 33.5 Å². The van der Waals surface area contributed by atoms with Crippen LogP contribution in [0.3, 0.4) is 0 Å². The molecule has 0 N–H and O–H groups in total. The predicted octanol–water partition coefficient (Wildman–Crippen LogP) is 4.93. The summed E-state index contributed by atoms with van der Waals surface area (Å²) in [5.41, 5.74) is 1.42. The van der Waals surface area contributed by atoms with Gasteiger partial charge in [0.1, 0.15) is 5.01 Å². The Morgan fingerprint density at radius 3 is 2.24 bits per heavy atom. The quantitative estimate of drug-likeness (QED) is 0.508. The predicted molar refractivity (Wildman–Crippen MR) is 107 cm³/mol. The van der Waals surface area contributed by atoms with Gasteiger partial charge in [-0.2, -0.15) is 9.61 Å². The van der Waals surface area contributed by atoms with Crippen LogP contribution in [0.2, 0.25) is 0 Å². The van der Waals surface area contributed by atoms with Crippen molar-refractivity contribution < 1.29 is 0 Å². The first-order valence-corrected chi connectivity index (χ1v) is 11.1. The fraction of sp³-hybridized carbons (Fsp3) is 0.526. The van der Waals surface area contributed by atoms with Gasteiger partial charge in [-0.1, -0.05) is 23.5 Å². The third-order valence-electron chi connectivity index (χ3n) is 6.59. The lowest BCUT2D eigenvalue weighted by atomic mass is 9.49. The number of halogens is 1. The minimum atomic E-state index is 0.242. The van der Waals surface area contributed by atoms with Gasteiger partial charge in [0, 0.05) is 14.5 Å². The zero-order valence-corrected chi connectivity index (χ0v) is 16.8. The van der Waals surface area contributed by atoms with Crippen molar-refractivity contribution in [2.24, 2.45) is 17.8 Å². The third kappa shape index (κ3) is 2.25. The number of nitrogens with zero attached hydrogens (tertiary/aromatic N) is 4. The van der Waals surface area contributed by atoms with Crippen LogP contribution >= 0.6 is 33.9 Å². The molecule has 7 rings (SSSR count). The average Bonchev–Trinajstić information content (AvgIpc) is 3.14. The van der Waals surface area contributed by atoms with Gasteiger partial charge < -0.3 is 0 Å². The highest BCUT2D eigenvalue weighted by Gasteiger charge is 2.54. The molecule has 0 aliphatic heterocycles. The van der Waals surface area contributed by atoms with Crippen molar-refractivity contribution in [3.63, 3.8) is 0 Å². The third-order valence-corrected chi connectivity index (χ3v) is 8.26. The Labute approximate surface area is 164 Å². The molecule has 128 valence electrons. The molecule has 2 heterocycles. The molecular weight excluding hydrogens is 443 g/mol. The zero-order chi connectivity index (χ0) is 16.6. The van der Waals surface area contributed by atoms with Crippen LogP contribution in [0.4, 0.5) is 0 Å². The van der Waals surface area contributed by atoms with E-state index in [-0.39, 0.29) is 5.41 Å². The summed E-state index contributed by atoms with van der Waals surface area (Å²) in [4.78, 5) is 0.944. The Bertz CT molecular complexity index is 922. The van der Waals surface area contributed by atoms with Gasteiger partial charge in [-0.3, -0.25) is 0 Å². The van der Waals surface area contributed by atoms with E-state index in [1.54, 1.807) is 11.3 Å². The van der Waals surface area contributed by atoms with E-state index in [2.05, 4.69) is 61.6 Å². The second kappa shape index (κ2) is 5.25. The lowest BCUT2D eigenvalue weighted by Crippen LogP contribution is -2.49. The Morgan fingerprint density at radius 1 is 0.960 bits per heavy atom. The molecule has 4 aliphatic carbocycles. The van der Waals surface area contributed by atoms with Crippen LogP contribution in [0.5, 0.6) is 0 Å². The molecule has 0 radical (unpaired) electrons. The minimum Gasteiger partial charge on any atom is -0.186 e. The number of hydrogen-bond donors (Lipinski definition) is 0. The van der Waals surface area contributed by atoms with Crippen LogP contribution in [0.1, 0.15) is 44.3 Å². The van der Waals surface area contributed by atoms with Crippen molar-refractivity contribution in [3.8, 4) is 10.6 Å². The molecule has 0 saturated heterocycles. The fourth-order valence-corrected chi connectivity index (χ4v) is 7.25. The molecule has 2 aromatic heterocycles. The first-order valence-electron chi connectivity index (χ1n) is 9.17. The van der Waals surface area contributed by atoms with Gasteiger partial charge in [-0.25, -0.2) is 0 Å². The van der Waals surface area contributed by atoms with E-state index in [0.29, 0.717) is 0 Å². The summed E-state index contributed by atoms with van der Waals surface area (Å²) in [6.07, 6.45) is 8.26. The first kappa shape index (κ1) is 15.1. The van der Waals surface area contributed by atoms with E-state index < -0.39 is 0 Å². The van der Waals surface area contributed by atoms with E-state index in [9.17, 15) is 0 Å². The monoisotopic (exact) mass is 462 g/mol. The van der Waals surface area contributed by atoms with Crippen LogP contribution < -0.4 is 0 Å². The summed E-state index contributed by atoms with van der Waals surface area (Å²) in [5.74, 6) is 3.88. The molecule has 6 heteroatoms. The second-order valence-electron chi connectivity index (χ2n) is 8.33. The van der Waals surface area contributed by atoms with E-state index in [1.807, 2.05) is 0 Å². The van der Waals surface area contributed by atoms with Crippen molar-refractivity contribution in [2.75, 3.05) is 0 Å². The summed E-state index contributed by atoms with van der Waals surface area (Å²) in [6.45, 7) is 0. The smallest absolute Gasteiger partial charge is 0.186 e. The summed E-state index contributed by atoms with van der Waals surface area (Å²) in [6, 6.07) is 8.58. The SMILES string of the molecule is Ic1ccc(-c2nn3c(C45CC6CC(CC(C6)C4)C5)nnc3s2)cc1. The van der Waals surface area contributed by atoms with Crippen molar-refractivity contribution in [1.82, 2.24) is 19.8 Å². The van der Waals surface area contributed by atoms with Gasteiger partial charge in [-0.15, -0.1) is 10.2 Å². The molecule has 25 heavy (non-hydrogen) atoms. The number of hydrogen-bond acceptors (Lipinski definition) is 4. The molecule has 4 nitrogen and oxygen atoms in total. The molecule has 0 spiro atoms. The molecule has 4 saturated carbocycles. The van der Waals surface area contributed by atoms with Crippen molar-refractivity contribution >= 4 is 38.9 Å². The Hall–Kier alpha value is -1.02. The van der Waals surface area contributed by atoms with Crippen LogP contribution in [0.15, 0.2) is 24.3 Å². The second-order valence-corrected chi connectivity index (χ2v) is 10.5. The maximum Gasteiger partial charge on any atom is 0.235 e. The van der Waals surface area contributed by atoms with Gasteiger partial charge in [0.2, 0.25) is 4.96 Å². The Balaban J connectivity index is 1.45. The molecule has 4 bridgehead atoms. The van der Waals surface area contributed by atoms with Crippen LogP contribution in [-0.4, -0.2) is 19.8 Å². The molecule has 3 aromatic rings. The van der Waals surface area contributed by atoms with Crippen molar-refractivity contribution in [2.45, 2.75) is 43.9 Å². The van der Waals surface area contributed by atoms with Crippen molar-refractivity contribution in [1.29, 1.82) is 0 Å². The molecule has 4 fully saturated rings. The maximum absolute atomic E-state index is 4.94. The molecule has 4 aliphatic rings. The van der Waals surface area contributed by atoms with Crippen LogP contribution in [0.25, 0.3) is 15.5 Å². The summed E-state index contributed by atoms with van der Waals surface area (Å²) in [7, 11) is 0. The largest absolute Gasteiger partial charge is 0.235 e. The van der Waals surface area contributed by atoms with E-state index in [4.69, 9.17) is 5.10 Å². The van der Waals surface area contributed by atoms with Gasteiger partial charge in [0.15, 0.2) is 5.82 Å². The molecule has 0 atom stereocenters. The van der Waals surface area contributed by atoms with Crippen LogP contribution in [0, 0.1) is 21.3 Å². The van der Waals surface area contributed by atoms with Crippen LogP contribution in [-0.2, 0) is 5.41 Å². The number of aromatic nitrogens is 4. The molecule has 0 amide bonds. The summed E-state index contributed by atoms with van der Waals surface area (Å²) >= 11 is 4.00. The van der Waals surface area contributed by atoms with E-state index >= 15 is 0 Å². The average molecular weight is 462 g/mol. The minimum absolute atomic E-state index is 0.242. The van der Waals surface area contributed by atoms with Gasteiger partial charge in [0.05, 0.1) is 0 Å². The molecular formula is C19H19IN4S. The Kier molecular flexibility index (Phi) is 3.17. The normalized spacial score (nSPS) is 33.4. The van der Waals surface area contributed by atoms with Gasteiger partial charge in [-0.05, 0) is 91.0 Å². The summed E-state index contributed by atoms with van der Waals surface area (Å²) < 4.78 is 3.32. The summed E-state index contributed by atoms with van der Waals surface area (Å²) in [5, 5.41) is 15.1. The maximum atomic E-state index is 4.94. The van der Waals surface area contributed by atoms with Gasteiger partial charge in [0.25, 0.3) is 0 Å². The number of benzene rings is 1. The highest BCUT2D eigenvalue weighted by atomic mass is 127. The topological polar surface area (TPSA) is 43.1 Å². The highest BCUT2D eigenvalue weighted by molar-refractivity contribution is 14.1. The first-order chi connectivity index (χ1) is 12.2. The fourth-order valence-electron chi connectivity index (χ4n) is 6.04. The highest BCUT2D eigenvalue weighted by Crippen LogP contribution is 2.60. The van der Waals surface area contributed by atoms with Crippen molar-refractivity contribution in [3.05, 3.63) is 33.7 Å². The van der Waals surface area contributed by atoms with Gasteiger partial charge >= 0.3 is 0 Å². The lowest BCUT2D eigenvalue weighted by Gasteiger charge is -2.55. The number of fused-ring (bicyclic) bond motifs is 1. The molecule has 1 aromatic carbocycles. The van der Waals surface area contributed by atoms with E-state index in [1.165, 1.54) is 47.7 Å².